The summed E-state index contributed by atoms with van der Waals surface area (Å²) in [6.07, 6.45) is -4.50. The van der Waals surface area contributed by atoms with Crippen molar-refractivity contribution in [3.63, 3.8) is 0 Å². The summed E-state index contributed by atoms with van der Waals surface area (Å²) in [5, 5.41) is 7.56. The van der Waals surface area contributed by atoms with E-state index in [1.165, 1.54) is 13.0 Å². The molecule has 0 saturated heterocycles. The van der Waals surface area contributed by atoms with E-state index in [2.05, 4.69) is 28.3 Å². The normalized spacial score (nSPS) is 12.9. The molecule has 0 N–H and O–H groups in total. The summed E-state index contributed by atoms with van der Waals surface area (Å²) in [4.78, 5) is 31.9. The van der Waals surface area contributed by atoms with Crippen LogP contribution in [0.5, 0.6) is 0 Å². The van der Waals surface area contributed by atoms with Crippen LogP contribution in [0.1, 0.15) is 95.8 Å². The largest absolute Gasteiger partial charge is 0.416 e. The van der Waals surface area contributed by atoms with Crippen molar-refractivity contribution in [1.29, 1.82) is 0 Å². The minimum Gasteiger partial charge on any atom is -0.340 e. The third-order valence-electron chi connectivity index (χ3n) is 10.5. The second-order valence-electron chi connectivity index (χ2n) is 14.6. The number of carbonyl (C=O) groups excluding carboxylic acids is 2. The number of oxime groups is 1. The van der Waals surface area contributed by atoms with E-state index in [1.54, 1.807) is 18.2 Å². The maximum atomic E-state index is 14.7. The fraction of sp³-hybridized carbons (Fsp3) is 0.326. The Morgan fingerprint density at radius 1 is 0.821 bits per heavy atom. The monoisotopic (exact) mass is 766 g/mol. The van der Waals surface area contributed by atoms with E-state index in [0.29, 0.717) is 22.6 Å². The third-order valence-corrected chi connectivity index (χ3v) is 10.5. The number of hydrogen-bond donors (Lipinski definition) is 0. The summed E-state index contributed by atoms with van der Waals surface area (Å²) in [6, 6.07) is 25.8. The molecule has 292 valence electrons. The number of alkyl halides is 4. The van der Waals surface area contributed by atoms with Crippen LogP contribution in [0, 0.1) is 26.7 Å². The summed E-state index contributed by atoms with van der Waals surface area (Å²) in [7, 11) is 0. The van der Waals surface area contributed by atoms with Crippen molar-refractivity contribution in [1.82, 2.24) is 4.57 Å². The molecule has 0 aliphatic heterocycles. The average Bonchev–Trinajstić information content (AvgIpc) is 3.47. The number of hydrogen-bond acceptors (Lipinski definition) is 5. The molecule has 1 aromatic heterocycles. The van der Waals surface area contributed by atoms with Gasteiger partial charge in [-0.1, -0.05) is 111 Å². The number of ketones is 1. The smallest absolute Gasteiger partial charge is 0.340 e. The lowest BCUT2D eigenvalue weighted by atomic mass is 9.89. The molecule has 0 aliphatic carbocycles. The Hall–Kier alpha value is -5.35. The number of halogens is 4. The van der Waals surface area contributed by atoms with Crippen LogP contribution in [0.15, 0.2) is 90.1 Å². The summed E-state index contributed by atoms with van der Waals surface area (Å²) in [5.74, 6) is -0.422. The van der Waals surface area contributed by atoms with Crippen molar-refractivity contribution in [2.24, 2.45) is 11.1 Å². The topological polar surface area (TPSA) is 69.9 Å². The van der Waals surface area contributed by atoms with Gasteiger partial charge in [-0.05, 0) is 73.4 Å². The molecule has 1 unspecified atom stereocenters. The van der Waals surface area contributed by atoms with E-state index in [4.69, 9.17) is 4.84 Å². The molecule has 0 fully saturated rings. The summed E-state index contributed by atoms with van der Waals surface area (Å²) >= 11 is 0. The minimum absolute atomic E-state index is 0.0869. The van der Waals surface area contributed by atoms with Gasteiger partial charge in [0.15, 0.2) is 5.78 Å². The zero-order valence-electron chi connectivity index (χ0n) is 32.5. The van der Waals surface area contributed by atoms with Gasteiger partial charge in [0, 0.05) is 57.4 Å². The molecule has 0 saturated carbocycles. The van der Waals surface area contributed by atoms with E-state index in [9.17, 15) is 27.2 Å². The van der Waals surface area contributed by atoms with Crippen molar-refractivity contribution < 1.29 is 36.7 Å². The molecule has 6 rings (SSSR count). The Labute approximate surface area is 324 Å². The van der Waals surface area contributed by atoms with E-state index in [0.717, 1.165) is 81.5 Å². The SMILES string of the molecule is CCCCC(CC)Cn1c2ccc(/C(=N\OC(C)=O)c3ccccc3COC(F)(F)C(F)F)cc2c2cc(C(=O)c3c(C)cc(C)cc3C)c3ccccc3c21. The van der Waals surface area contributed by atoms with Gasteiger partial charge in [-0.3, -0.25) is 4.79 Å². The van der Waals surface area contributed by atoms with Crippen molar-refractivity contribution in [2.45, 2.75) is 92.9 Å². The number of ether oxygens (including phenoxy) is 1. The van der Waals surface area contributed by atoms with E-state index in [-0.39, 0.29) is 22.6 Å². The summed E-state index contributed by atoms with van der Waals surface area (Å²) in [5.41, 5.74) is 6.91. The van der Waals surface area contributed by atoms with E-state index in [1.807, 2.05) is 81.4 Å². The van der Waals surface area contributed by atoms with Crippen LogP contribution in [-0.4, -0.2) is 34.6 Å². The Morgan fingerprint density at radius 3 is 2.16 bits per heavy atom. The quantitative estimate of drug-likeness (QED) is 0.0343. The van der Waals surface area contributed by atoms with Gasteiger partial charge in [-0.2, -0.15) is 8.78 Å². The van der Waals surface area contributed by atoms with Gasteiger partial charge in [0.05, 0.1) is 12.1 Å². The maximum absolute atomic E-state index is 14.7. The molecular weight excluding hydrogens is 721 g/mol. The highest BCUT2D eigenvalue weighted by Crippen LogP contribution is 2.39. The molecule has 0 radical (unpaired) electrons. The number of unbranched alkanes of at least 4 members (excludes halogenated alkanes) is 1. The van der Waals surface area contributed by atoms with Gasteiger partial charge >= 0.3 is 18.5 Å². The van der Waals surface area contributed by atoms with Gasteiger partial charge < -0.3 is 14.1 Å². The molecular formula is C46H46F4N2O4. The second kappa shape index (κ2) is 16.8. The predicted octanol–water partition coefficient (Wildman–Crippen LogP) is 12.0. The number of fused-ring (bicyclic) bond motifs is 5. The molecule has 1 atom stereocenters. The van der Waals surface area contributed by atoms with Crippen LogP contribution in [0.3, 0.4) is 0 Å². The zero-order chi connectivity index (χ0) is 40.3. The van der Waals surface area contributed by atoms with Gasteiger partial charge in [0.1, 0.15) is 5.71 Å². The Bertz CT molecular complexity index is 2440. The Balaban J connectivity index is 1.63. The first-order valence-electron chi connectivity index (χ1n) is 19.0. The molecule has 56 heavy (non-hydrogen) atoms. The summed E-state index contributed by atoms with van der Waals surface area (Å²) < 4.78 is 60.6. The van der Waals surface area contributed by atoms with Crippen molar-refractivity contribution >= 4 is 50.0 Å². The highest BCUT2D eigenvalue weighted by molar-refractivity contribution is 6.27. The van der Waals surface area contributed by atoms with Crippen LogP contribution in [0.2, 0.25) is 0 Å². The van der Waals surface area contributed by atoms with Crippen molar-refractivity contribution in [3.05, 3.63) is 129 Å². The highest BCUT2D eigenvalue weighted by atomic mass is 19.3. The molecule has 0 aliphatic rings. The first-order chi connectivity index (χ1) is 26.7. The van der Waals surface area contributed by atoms with Crippen LogP contribution < -0.4 is 0 Å². The molecule has 1 heterocycles. The average molecular weight is 767 g/mol. The lowest BCUT2D eigenvalue weighted by Crippen LogP contribution is -2.30. The first kappa shape index (κ1) is 40.3. The maximum Gasteiger partial charge on any atom is 0.416 e. The minimum atomic E-state index is -4.68. The number of carbonyl (C=O) groups is 2. The standard InChI is InChI=1S/C46H46F4N2O4/c1-7-9-14-31(8-2)25-52-40-20-19-32(42(51-56-30(6)53)34-16-11-10-15-33(34)26-55-46(49,50)45(47)48)23-37(40)38-24-39(35-17-12-13-18-36(35)43(38)52)44(54)41-28(4)21-27(3)22-29(41)5/h10-13,15-24,31,45H,7-9,14,25-26H2,1-6H3/b51-42+. The van der Waals surface area contributed by atoms with E-state index < -0.39 is 25.1 Å². The predicted molar refractivity (Wildman–Crippen MR) is 214 cm³/mol. The van der Waals surface area contributed by atoms with Crippen LogP contribution in [-0.2, 0) is 27.5 Å². The Kier molecular flexibility index (Phi) is 12.1. The fourth-order valence-electron chi connectivity index (χ4n) is 7.82. The van der Waals surface area contributed by atoms with Crippen LogP contribution in [0.25, 0.3) is 32.6 Å². The molecule has 6 aromatic rings. The van der Waals surface area contributed by atoms with Gasteiger partial charge in [-0.15, -0.1) is 0 Å². The first-order valence-corrected chi connectivity index (χ1v) is 19.0. The number of aromatic nitrogens is 1. The molecule has 6 nitrogen and oxygen atoms in total. The third kappa shape index (κ3) is 8.12. The van der Waals surface area contributed by atoms with Crippen LogP contribution >= 0.6 is 0 Å². The summed E-state index contributed by atoms with van der Waals surface area (Å²) in [6.45, 7) is 11.3. The van der Waals surface area contributed by atoms with Gasteiger partial charge in [-0.25, -0.2) is 13.6 Å². The van der Waals surface area contributed by atoms with Gasteiger partial charge in [0.2, 0.25) is 0 Å². The molecule has 10 heteroatoms. The number of aryl methyl sites for hydroxylation is 3. The van der Waals surface area contributed by atoms with Gasteiger partial charge in [0.25, 0.3) is 0 Å². The van der Waals surface area contributed by atoms with Crippen molar-refractivity contribution in [3.8, 4) is 0 Å². The highest BCUT2D eigenvalue weighted by Gasteiger charge is 2.42. The van der Waals surface area contributed by atoms with Crippen molar-refractivity contribution in [2.75, 3.05) is 0 Å². The zero-order valence-corrected chi connectivity index (χ0v) is 32.5. The van der Waals surface area contributed by atoms with Crippen LogP contribution in [0.4, 0.5) is 17.6 Å². The number of benzene rings is 5. The number of rotatable bonds is 15. The van der Waals surface area contributed by atoms with E-state index >= 15 is 0 Å². The number of nitrogens with zero attached hydrogens (tertiary/aromatic N) is 2. The lowest BCUT2D eigenvalue weighted by molar-refractivity contribution is -0.305. The molecule has 0 bridgehead atoms. The lowest BCUT2D eigenvalue weighted by Gasteiger charge is -2.19. The molecule has 0 spiro atoms. The fourth-order valence-corrected chi connectivity index (χ4v) is 7.82. The Morgan fingerprint density at radius 2 is 1.50 bits per heavy atom. The molecule has 5 aromatic carbocycles. The molecule has 0 amide bonds. The second-order valence-corrected chi connectivity index (χ2v) is 14.6.